The number of nitrogens with zero attached hydrogens (tertiary/aromatic N) is 1. The molecule has 0 amide bonds. The Balaban J connectivity index is 2.60. The summed E-state index contributed by atoms with van der Waals surface area (Å²) in [7, 11) is 0. The Morgan fingerprint density at radius 3 is 3.08 bits per heavy atom. The standard InChI is InChI=1S/C9H7NO2/c11-7-4-6-2-1-3-8(12)9(6)10-5-7/h1-3,5,12H,4H2. The summed E-state index contributed by atoms with van der Waals surface area (Å²) in [4.78, 5) is 14.8. The molecule has 60 valence electrons. The van der Waals surface area contributed by atoms with E-state index in [1.807, 2.05) is 0 Å². The highest BCUT2D eigenvalue weighted by Gasteiger charge is 2.13. The third-order valence-electron chi connectivity index (χ3n) is 1.80. The highest BCUT2D eigenvalue weighted by molar-refractivity contribution is 6.30. The maximum Gasteiger partial charge on any atom is 0.178 e. The zero-order valence-corrected chi connectivity index (χ0v) is 6.32. The number of rotatable bonds is 0. The molecule has 0 fully saturated rings. The molecule has 2 rings (SSSR count). The summed E-state index contributed by atoms with van der Waals surface area (Å²) in [5, 5.41) is 9.32. The van der Waals surface area contributed by atoms with Crippen molar-refractivity contribution in [2.45, 2.75) is 6.42 Å². The predicted molar refractivity (Wildman–Crippen MR) is 45.0 cm³/mol. The van der Waals surface area contributed by atoms with Crippen molar-refractivity contribution in [2.24, 2.45) is 4.99 Å². The van der Waals surface area contributed by atoms with Crippen LogP contribution in [0.4, 0.5) is 5.69 Å². The lowest BCUT2D eigenvalue weighted by Crippen LogP contribution is -2.07. The Morgan fingerprint density at radius 1 is 1.42 bits per heavy atom. The number of benzene rings is 1. The van der Waals surface area contributed by atoms with Crippen LogP contribution in [-0.2, 0) is 11.2 Å². The van der Waals surface area contributed by atoms with Gasteiger partial charge in [-0.2, -0.15) is 0 Å². The normalized spacial score (nSPS) is 14.5. The van der Waals surface area contributed by atoms with E-state index in [2.05, 4.69) is 4.99 Å². The van der Waals surface area contributed by atoms with Gasteiger partial charge in [-0.3, -0.25) is 4.79 Å². The summed E-state index contributed by atoms with van der Waals surface area (Å²) in [5.74, 6) is 0.115. The van der Waals surface area contributed by atoms with Gasteiger partial charge in [-0.15, -0.1) is 0 Å². The summed E-state index contributed by atoms with van der Waals surface area (Å²) in [6.07, 6.45) is 1.59. The van der Waals surface area contributed by atoms with E-state index in [-0.39, 0.29) is 11.5 Å². The van der Waals surface area contributed by atoms with E-state index in [4.69, 9.17) is 0 Å². The third-order valence-corrected chi connectivity index (χ3v) is 1.80. The lowest BCUT2D eigenvalue weighted by Gasteiger charge is -2.08. The quantitative estimate of drug-likeness (QED) is 0.621. The monoisotopic (exact) mass is 161 g/mol. The maximum absolute atomic E-state index is 10.9. The molecule has 0 saturated carbocycles. The first-order valence-corrected chi connectivity index (χ1v) is 3.65. The fourth-order valence-corrected chi connectivity index (χ4v) is 1.24. The number of phenols is 1. The van der Waals surface area contributed by atoms with Crippen molar-refractivity contribution < 1.29 is 9.90 Å². The molecular weight excluding hydrogens is 154 g/mol. The molecule has 0 aliphatic carbocycles. The first-order chi connectivity index (χ1) is 5.77. The molecular formula is C9H7NO2. The largest absolute Gasteiger partial charge is 0.506 e. The molecule has 12 heavy (non-hydrogen) atoms. The summed E-state index contributed by atoms with van der Waals surface area (Å²) in [6, 6.07) is 5.07. The summed E-state index contributed by atoms with van der Waals surface area (Å²) < 4.78 is 0. The average Bonchev–Trinajstić information content (AvgIpc) is 2.04. The number of fused-ring (bicyclic) bond motifs is 1. The van der Waals surface area contributed by atoms with Gasteiger partial charge in [-0.25, -0.2) is 4.99 Å². The number of aliphatic imine (C=N–C) groups is 1. The molecule has 0 spiro atoms. The number of aromatic hydroxyl groups is 1. The number of hydrogen-bond acceptors (Lipinski definition) is 3. The molecule has 0 atom stereocenters. The Bertz CT molecular complexity index is 369. The Labute approximate surface area is 69.4 Å². The summed E-state index contributed by atoms with van der Waals surface area (Å²) in [5.41, 5.74) is 1.32. The number of para-hydroxylation sites is 1. The van der Waals surface area contributed by atoms with Crippen LogP contribution < -0.4 is 0 Å². The van der Waals surface area contributed by atoms with Gasteiger partial charge in [-0.1, -0.05) is 12.1 Å². The first-order valence-electron chi connectivity index (χ1n) is 3.65. The van der Waals surface area contributed by atoms with Crippen LogP contribution in [0.2, 0.25) is 0 Å². The fourth-order valence-electron chi connectivity index (χ4n) is 1.24. The number of ketones is 1. The van der Waals surface area contributed by atoms with Crippen molar-refractivity contribution in [1.82, 2.24) is 0 Å². The third kappa shape index (κ3) is 0.993. The van der Waals surface area contributed by atoms with Gasteiger partial charge in [-0.05, 0) is 11.6 Å². The van der Waals surface area contributed by atoms with E-state index in [9.17, 15) is 9.90 Å². The number of phenolic OH excluding ortho intramolecular Hbond substituents is 1. The van der Waals surface area contributed by atoms with Gasteiger partial charge in [0.1, 0.15) is 11.4 Å². The smallest absolute Gasteiger partial charge is 0.178 e. The van der Waals surface area contributed by atoms with Gasteiger partial charge in [0, 0.05) is 6.42 Å². The van der Waals surface area contributed by atoms with Crippen molar-refractivity contribution in [3.05, 3.63) is 23.8 Å². The molecule has 3 heteroatoms. The molecule has 1 heterocycles. The maximum atomic E-state index is 10.9. The predicted octanol–water partition coefficient (Wildman–Crippen LogP) is 1.22. The summed E-state index contributed by atoms with van der Waals surface area (Å²) in [6.45, 7) is 0. The zero-order valence-electron chi connectivity index (χ0n) is 6.32. The highest BCUT2D eigenvalue weighted by atomic mass is 16.3. The van der Waals surface area contributed by atoms with Gasteiger partial charge in [0.25, 0.3) is 0 Å². The average molecular weight is 161 g/mol. The van der Waals surface area contributed by atoms with Gasteiger partial charge < -0.3 is 5.11 Å². The number of carbonyl (C=O) groups is 1. The van der Waals surface area contributed by atoms with Crippen LogP contribution in [0, 0.1) is 0 Å². The molecule has 3 nitrogen and oxygen atoms in total. The van der Waals surface area contributed by atoms with E-state index in [1.54, 1.807) is 18.2 Å². The minimum atomic E-state index is -0.0203. The van der Waals surface area contributed by atoms with E-state index < -0.39 is 0 Å². The molecule has 0 aromatic heterocycles. The number of Topliss-reactive ketones (excluding diaryl/α,β-unsaturated/α-hetero) is 1. The van der Waals surface area contributed by atoms with Gasteiger partial charge in [0.2, 0.25) is 0 Å². The lowest BCUT2D eigenvalue weighted by molar-refractivity contribution is -0.112. The Kier molecular flexibility index (Phi) is 1.43. The Hall–Kier alpha value is -1.64. The number of carbonyl (C=O) groups excluding carboxylic acids is 1. The van der Waals surface area contributed by atoms with Crippen LogP contribution in [0.3, 0.4) is 0 Å². The zero-order chi connectivity index (χ0) is 8.55. The molecule has 0 saturated heterocycles. The molecule has 0 unspecified atom stereocenters. The van der Waals surface area contributed by atoms with Crippen molar-refractivity contribution in [3.63, 3.8) is 0 Å². The van der Waals surface area contributed by atoms with Crippen molar-refractivity contribution >= 4 is 17.7 Å². The van der Waals surface area contributed by atoms with Gasteiger partial charge in [0.05, 0.1) is 6.21 Å². The van der Waals surface area contributed by atoms with Crippen LogP contribution in [0.15, 0.2) is 23.2 Å². The van der Waals surface area contributed by atoms with E-state index in [0.29, 0.717) is 12.1 Å². The van der Waals surface area contributed by atoms with Crippen LogP contribution in [0.5, 0.6) is 5.75 Å². The second kappa shape index (κ2) is 2.44. The molecule has 0 radical (unpaired) electrons. The van der Waals surface area contributed by atoms with Crippen LogP contribution >= 0.6 is 0 Å². The minimum Gasteiger partial charge on any atom is -0.506 e. The van der Waals surface area contributed by atoms with E-state index in [1.165, 1.54) is 6.21 Å². The molecule has 1 N–H and O–H groups in total. The van der Waals surface area contributed by atoms with Crippen molar-refractivity contribution in [3.8, 4) is 5.75 Å². The molecule has 1 aliphatic heterocycles. The first kappa shape index (κ1) is 7.03. The second-order valence-electron chi connectivity index (χ2n) is 2.69. The van der Waals surface area contributed by atoms with Gasteiger partial charge >= 0.3 is 0 Å². The highest BCUT2D eigenvalue weighted by Crippen LogP contribution is 2.31. The lowest BCUT2D eigenvalue weighted by atomic mass is 10.0. The Morgan fingerprint density at radius 2 is 2.25 bits per heavy atom. The second-order valence-corrected chi connectivity index (χ2v) is 2.69. The minimum absolute atomic E-state index is 0.0203. The van der Waals surface area contributed by atoms with Gasteiger partial charge in [0.15, 0.2) is 5.78 Å². The molecule has 1 aliphatic rings. The van der Waals surface area contributed by atoms with Crippen molar-refractivity contribution in [2.75, 3.05) is 0 Å². The SMILES string of the molecule is O=C1C=Nc2c(O)cccc2C1. The number of hydrogen-bond donors (Lipinski definition) is 1. The van der Waals surface area contributed by atoms with Crippen LogP contribution in [-0.4, -0.2) is 17.1 Å². The topological polar surface area (TPSA) is 49.7 Å². The van der Waals surface area contributed by atoms with E-state index in [0.717, 1.165) is 5.56 Å². The molecule has 1 aromatic rings. The van der Waals surface area contributed by atoms with Crippen LogP contribution in [0.1, 0.15) is 5.56 Å². The van der Waals surface area contributed by atoms with Crippen molar-refractivity contribution in [1.29, 1.82) is 0 Å². The summed E-state index contributed by atoms with van der Waals surface area (Å²) >= 11 is 0. The fraction of sp³-hybridized carbons (Fsp3) is 0.111. The van der Waals surface area contributed by atoms with E-state index >= 15 is 0 Å². The van der Waals surface area contributed by atoms with Crippen LogP contribution in [0.25, 0.3) is 0 Å². The molecule has 1 aromatic carbocycles. The molecule has 0 bridgehead atoms.